The van der Waals surface area contributed by atoms with E-state index in [9.17, 15) is 14.4 Å². The van der Waals surface area contributed by atoms with Crippen LogP contribution in [-0.4, -0.2) is 74.7 Å². The number of benzene rings is 2. The van der Waals surface area contributed by atoms with Crippen LogP contribution in [0, 0.1) is 0 Å². The van der Waals surface area contributed by atoms with Gasteiger partial charge < -0.3 is 33.2 Å². The third-order valence-corrected chi connectivity index (χ3v) is 5.89. The molecule has 0 amide bonds. The number of hydrogen-bond donors (Lipinski definition) is 0. The zero-order valence-electron chi connectivity index (χ0n) is 20.4. The number of fused-ring (bicyclic) bond motifs is 1. The molecule has 2 aromatic rings. The van der Waals surface area contributed by atoms with Crippen LogP contribution >= 0.6 is 0 Å². The lowest BCUT2D eigenvalue weighted by Crippen LogP contribution is -2.59. The van der Waals surface area contributed by atoms with E-state index in [1.807, 2.05) is 0 Å². The molecule has 6 atom stereocenters. The SMILES string of the molecule is C=CCO[C@H]1O[C@H](COC(=O)c2ccccc2)[C@@H]2O[C@](C)(C(=O)OC)O[C@@H]2[C@H]1OC(=O)c1ccccc1. The van der Waals surface area contributed by atoms with Gasteiger partial charge in [0.1, 0.15) is 24.9 Å². The second-order valence-electron chi connectivity index (χ2n) is 8.47. The maximum atomic E-state index is 12.9. The van der Waals surface area contributed by atoms with Crippen molar-refractivity contribution in [1.82, 2.24) is 0 Å². The van der Waals surface area contributed by atoms with Gasteiger partial charge in [-0.2, -0.15) is 0 Å². The van der Waals surface area contributed by atoms with Gasteiger partial charge in [0.05, 0.1) is 24.8 Å². The van der Waals surface area contributed by atoms with Crippen LogP contribution in [0.1, 0.15) is 27.6 Å². The Morgan fingerprint density at radius 3 is 2.14 bits per heavy atom. The largest absolute Gasteiger partial charge is 0.465 e. The molecule has 0 radical (unpaired) electrons. The highest BCUT2D eigenvalue weighted by molar-refractivity contribution is 5.90. The highest BCUT2D eigenvalue weighted by Crippen LogP contribution is 2.40. The average molecular weight is 513 g/mol. The number of hydrogen-bond acceptors (Lipinski definition) is 10. The molecule has 2 fully saturated rings. The maximum absolute atomic E-state index is 12.9. The molecule has 0 saturated carbocycles. The predicted octanol–water partition coefficient (Wildman–Crippen LogP) is 2.67. The van der Waals surface area contributed by atoms with Crippen LogP contribution in [0.25, 0.3) is 0 Å². The average Bonchev–Trinajstić information content (AvgIpc) is 3.30. The van der Waals surface area contributed by atoms with Crippen LogP contribution in [0.5, 0.6) is 0 Å². The summed E-state index contributed by atoms with van der Waals surface area (Å²) in [6.45, 7) is 4.84. The first-order valence-corrected chi connectivity index (χ1v) is 11.7. The monoisotopic (exact) mass is 512 g/mol. The Kier molecular flexibility index (Phi) is 8.34. The van der Waals surface area contributed by atoms with Gasteiger partial charge in [0.25, 0.3) is 5.79 Å². The number of carbonyl (C=O) groups is 3. The van der Waals surface area contributed by atoms with Crippen LogP contribution in [0.15, 0.2) is 73.3 Å². The van der Waals surface area contributed by atoms with Gasteiger partial charge in [0.15, 0.2) is 12.4 Å². The van der Waals surface area contributed by atoms with Crippen molar-refractivity contribution in [3.8, 4) is 0 Å². The van der Waals surface area contributed by atoms with Crippen LogP contribution in [0.4, 0.5) is 0 Å². The topological polar surface area (TPSA) is 116 Å². The van der Waals surface area contributed by atoms with Crippen molar-refractivity contribution in [3.05, 3.63) is 84.4 Å². The zero-order chi connectivity index (χ0) is 26.4. The van der Waals surface area contributed by atoms with E-state index in [4.69, 9.17) is 33.2 Å². The molecule has 10 nitrogen and oxygen atoms in total. The Balaban J connectivity index is 1.59. The van der Waals surface area contributed by atoms with Crippen molar-refractivity contribution >= 4 is 17.9 Å². The van der Waals surface area contributed by atoms with E-state index in [1.54, 1.807) is 60.7 Å². The highest BCUT2D eigenvalue weighted by Gasteiger charge is 2.61. The predicted molar refractivity (Wildman–Crippen MR) is 127 cm³/mol. The lowest BCUT2D eigenvalue weighted by Gasteiger charge is -2.40. The molecule has 0 N–H and O–H groups in total. The number of ether oxygens (including phenoxy) is 7. The molecular weight excluding hydrogens is 484 g/mol. The summed E-state index contributed by atoms with van der Waals surface area (Å²) >= 11 is 0. The molecule has 2 saturated heterocycles. The summed E-state index contributed by atoms with van der Waals surface area (Å²) in [6, 6.07) is 16.8. The van der Waals surface area contributed by atoms with E-state index in [0.717, 1.165) is 0 Å². The van der Waals surface area contributed by atoms with Gasteiger partial charge in [0.2, 0.25) is 0 Å². The van der Waals surface area contributed by atoms with Gasteiger partial charge in [0, 0.05) is 6.92 Å². The van der Waals surface area contributed by atoms with Crippen LogP contribution < -0.4 is 0 Å². The minimum Gasteiger partial charge on any atom is -0.465 e. The first-order chi connectivity index (χ1) is 17.9. The van der Waals surface area contributed by atoms with Crippen LogP contribution in [-0.2, 0) is 38.0 Å². The number of esters is 3. The first kappa shape index (κ1) is 26.5. The Hall–Kier alpha value is -3.57. The molecule has 0 aliphatic carbocycles. The van der Waals surface area contributed by atoms with E-state index in [-0.39, 0.29) is 13.2 Å². The first-order valence-electron chi connectivity index (χ1n) is 11.7. The third kappa shape index (κ3) is 5.89. The summed E-state index contributed by atoms with van der Waals surface area (Å²) in [4.78, 5) is 37.9. The number of methoxy groups -OCH3 is 1. The molecule has 4 rings (SSSR count). The van der Waals surface area contributed by atoms with Crippen molar-refractivity contribution in [3.63, 3.8) is 0 Å². The second kappa shape index (κ2) is 11.7. The molecule has 196 valence electrons. The van der Waals surface area contributed by atoms with Crippen molar-refractivity contribution < 1.29 is 47.5 Å². The quantitative estimate of drug-likeness (QED) is 0.282. The molecule has 0 unspecified atom stereocenters. The molecule has 2 aromatic carbocycles. The molecule has 0 spiro atoms. The van der Waals surface area contributed by atoms with Crippen molar-refractivity contribution in [2.45, 2.75) is 43.4 Å². The van der Waals surface area contributed by atoms with Gasteiger partial charge >= 0.3 is 17.9 Å². The molecule has 2 aliphatic heterocycles. The molecule has 0 bridgehead atoms. The fraction of sp³-hybridized carbons (Fsp3) is 0.370. The number of carbonyl (C=O) groups excluding carboxylic acids is 3. The molecule has 2 heterocycles. The van der Waals surface area contributed by atoms with Gasteiger partial charge in [-0.3, -0.25) is 0 Å². The highest BCUT2D eigenvalue weighted by atomic mass is 16.8. The van der Waals surface area contributed by atoms with E-state index in [2.05, 4.69) is 6.58 Å². The summed E-state index contributed by atoms with van der Waals surface area (Å²) in [5, 5.41) is 0. The lowest BCUT2D eigenvalue weighted by molar-refractivity contribution is -0.278. The van der Waals surface area contributed by atoms with Crippen LogP contribution in [0.3, 0.4) is 0 Å². The fourth-order valence-corrected chi connectivity index (χ4v) is 4.12. The fourth-order valence-electron chi connectivity index (χ4n) is 4.12. The van der Waals surface area contributed by atoms with Crippen LogP contribution in [0.2, 0.25) is 0 Å². The summed E-state index contributed by atoms with van der Waals surface area (Å²) in [5.74, 6) is -3.83. The Labute approximate surface area is 214 Å². The maximum Gasteiger partial charge on any atom is 0.366 e. The minimum atomic E-state index is -1.82. The Bertz CT molecular complexity index is 1100. The smallest absolute Gasteiger partial charge is 0.366 e. The Morgan fingerprint density at radius 2 is 1.54 bits per heavy atom. The number of rotatable bonds is 9. The van der Waals surface area contributed by atoms with Crippen molar-refractivity contribution in [1.29, 1.82) is 0 Å². The van der Waals surface area contributed by atoms with Gasteiger partial charge in [-0.1, -0.05) is 42.5 Å². The summed E-state index contributed by atoms with van der Waals surface area (Å²) in [6.07, 6.45) is -3.68. The van der Waals surface area contributed by atoms with E-state index in [0.29, 0.717) is 11.1 Å². The Morgan fingerprint density at radius 1 is 0.946 bits per heavy atom. The van der Waals surface area contributed by atoms with E-state index in [1.165, 1.54) is 20.1 Å². The molecule has 37 heavy (non-hydrogen) atoms. The van der Waals surface area contributed by atoms with E-state index >= 15 is 0 Å². The van der Waals surface area contributed by atoms with Gasteiger partial charge in [-0.25, -0.2) is 14.4 Å². The van der Waals surface area contributed by atoms with Crippen molar-refractivity contribution in [2.24, 2.45) is 0 Å². The molecule has 0 aromatic heterocycles. The molecule has 2 aliphatic rings. The normalized spacial score (nSPS) is 28.5. The second-order valence-corrected chi connectivity index (χ2v) is 8.47. The summed E-state index contributed by atoms with van der Waals surface area (Å²) in [7, 11) is 1.20. The summed E-state index contributed by atoms with van der Waals surface area (Å²) in [5.41, 5.74) is 0.655. The zero-order valence-corrected chi connectivity index (χ0v) is 20.4. The lowest BCUT2D eigenvalue weighted by atomic mass is 9.99. The van der Waals surface area contributed by atoms with E-state index < -0.39 is 54.4 Å². The van der Waals surface area contributed by atoms with Gasteiger partial charge in [-0.15, -0.1) is 6.58 Å². The van der Waals surface area contributed by atoms with Gasteiger partial charge in [-0.05, 0) is 24.3 Å². The minimum absolute atomic E-state index is 0.0626. The summed E-state index contributed by atoms with van der Waals surface area (Å²) < 4.78 is 39.8. The molecular formula is C27H28O10. The third-order valence-electron chi connectivity index (χ3n) is 5.89. The standard InChI is InChI=1S/C27H28O10/c1-4-15-32-25-22(35-24(29)18-13-9-6-10-14-18)21-20(36-27(2,37-21)26(30)31-3)19(34-25)16-33-23(28)17-11-7-5-8-12-17/h4-14,19-22,25H,1,15-16H2,2-3H3/t19-,20+,21+,22-,25+,27+/m1/s1. The van der Waals surface area contributed by atoms with Crippen molar-refractivity contribution in [2.75, 3.05) is 20.3 Å². The molecule has 10 heteroatoms.